The molecule has 0 aromatic heterocycles. The van der Waals surface area contributed by atoms with Crippen molar-refractivity contribution >= 4 is 10.8 Å². The summed E-state index contributed by atoms with van der Waals surface area (Å²) in [5, 5.41) is 3.63. The van der Waals surface area contributed by atoms with E-state index in [1.165, 1.54) is 0 Å². The van der Waals surface area contributed by atoms with Crippen molar-refractivity contribution in [3.63, 3.8) is 0 Å². The van der Waals surface area contributed by atoms with Crippen molar-refractivity contribution in [1.82, 2.24) is 5.32 Å². The van der Waals surface area contributed by atoms with Crippen LogP contribution in [0.1, 0.15) is 32.6 Å². The van der Waals surface area contributed by atoms with Gasteiger partial charge in [-0.15, -0.1) is 0 Å². The number of nitrogens with one attached hydrogen (secondary N) is 1. The van der Waals surface area contributed by atoms with Crippen LogP contribution in [0.5, 0.6) is 0 Å². The van der Waals surface area contributed by atoms with E-state index in [-0.39, 0.29) is 5.25 Å². The number of rotatable bonds is 7. The molecule has 0 aromatic carbocycles. The fraction of sp³-hybridized carbons (Fsp3) is 1.00. The van der Waals surface area contributed by atoms with Gasteiger partial charge in [-0.1, -0.05) is 6.92 Å². The Kier molecular flexibility index (Phi) is 6.42. The highest BCUT2D eigenvalue weighted by molar-refractivity contribution is 7.85. The fourth-order valence-electron chi connectivity index (χ4n) is 3.03. The highest BCUT2D eigenvalue weighted by Crippen LogP contribution is 2.37. The van der Waals surface area contributed by atoms with Gasteiger partial charge in [0.05, 0.1) is 25.1 Å². The maximum absolute atomic E-state index is 12.6. The van der Waals surface area contributed by atoms with Crippen LogP contribution < -0.4 is 5.32 Å². The molecule has 3 atom stereocenters. The zero-order chi connectivity index (χ0) is 14.4. The summed E-state index contributed by atoms with van der Waals surface area (Å²) in [6.45, 7) is 4.97. The summed E-state index contributed by atoms with van der Waals surface area (Å²) >= 11 is 0. The van der Waals surface area contributed by atoms with Gasteiger partial charge in [0.2, 0.25) is 0 Å². The lowest BCUT2D eigenvalue weighted by molar-refractivity contribution is -0.178. The van der Waals surface area contributed by atoms with Gasteiger partial charge in [-0.05, 0) is 19.4 Å². The lowest BCUT2D eigenvalue weighted by Gasteiger charge is -2.41. The molecule has 0 radical (unpaired) electrons. The largest absolute Gasteiger partial charge is 0.384 e. The summed E-state index contributed by atoms with van der Waals surface area (Å²) < 4.78 is 29.2. The molecular formula is C14H27NO4S. The first kappa shape index (κ1) is 16.4. The van der Waals surface area contributed by atoms with Gasteiger partial charge in [-0.25, -0.2) is 0 Å². The standard InChI is InChI=1S/C14H27NO4S/c1-3-6-15-12-4-5-14(18-7-8-19-14)11-13(12)20(16)10-9-17-2/h12-13,15H,3-11H2,1-2H3. The third-order valence-corrected chi connectivity index (χ3v) is 5.83. The molecule has 2 fully saturated rings. The van der Waals surface area contributed by atoms with Crippen molar-refractivity contribution in [3.8, 4) is 0 Å². The molecule has 1 spiro atoms. The molecule has 3 unspecified atom stereocenters. The summed E-state index contributed by atoms with van der Waals surface area (Å²) in [5.41, 5.74) is 0. The second kappa shape index (κ2) is 7.84. The Morgan fingerprint density at radius 1 is 1.40 bits per heavy atom. The Hall–Kier alpha value is -0.0100. The number of hydrogen-bond acceptors (Lipinski definition) is 5. The molecule has 6 heteroatoms. The third-order valence-electron chi connectivity index (χ3n) is 4.09. The summed E-state index contributed by atoms with van der Waals surface area (Å²) in [5.74, 6) is 0.110. The molecule has 5 nitrogen and oxygen atoms in total. The topological polar surface area (TPSA) is 56.8 Å². The normalized spacial score (nSPS) is 30.7. The molecule has 0 bridgehead atoms. The van der Waals surface area contributed by atoms with E-state index in [0.29, 0.717) is 31.6 Å². The first-order valence-electron chi connectivity index (χ1n) is 7.58. The van der Waals surface area contributed by atoms with E-state index >= 15 is 0 Å². The second-order valence-corrected chi connectivity index (χ2v) is 7.30. The number of hydrogen-bond donors (Lipinski definition) is 1. The third kappa shape index (κ3) is 4.01. The van der Waals surface area contributed by atoms with Crippen LogP contribution in [0.25, 0.3) is 0 Å². The van der Waals surface area contributed by atoms with E-state index < -0.39 is 16.6 Å². The summed E-state index contributed by atoms with van der Waals surface area (Å²) in [7, 11) is 0.739. The van der Waals surface area contributed by atoms with Crippen molar-refractivity contribution in [3.05, 3.63) is 0 Å². The minimum atomic E-state index is -0.909. The monoisotopic (exact) mass is 305 g/mol. The van der Waals surface area contributed by atoms with Crippen molar-refractivity contribution in [1.29, 1.82) is 0 Å². The minimum Gasteiger partial charge on any atom is -0.384 e. The molecule has 1 saturated carbocycles. The Morgan fingerprint density at radius 3 is 2.80 bits per heavy atom. The van der Waals surface area contributed by atoms with E-state index in [9.17, 15) is 4.21 Å². The van der Waals surface area contributed by atoms with E-state index in [4.69, 9.17) is 14.2 Å². The maximum Gasteiger partial charge on any atom is 0.169 e. The Balaban J connectivity index is 1.99. The van der Waals surface area contributed by atoms with Gasteiger partial charge in [0, 0.05) is 42.5 Å². The number of methoxy groups -OCH3 is 1. The van der Waals surface area contributed by atoms with Crippen LogP contribution in [0, 0.1) is 0 Å². The highest BCUT2D eigenvalue weighted by atomic mass is 32.2. The predicted octanol–water partition coefficient (Wildman–Crippen LogP) is 1.05. The molecule has 1 heterocycles. The number of ether oxygens (including phenoxy) is 3. The smallest absolute Gasteiger partial charge is 0.169 e. The molecule has 2 aliphatic rings. The summed E-state index contributed by atoms with van der Waals surface area (Å²) in [4.78, 5) is 0. The van der Waals surface area contributed by atoms with Crippen molar-refractivity contribution in [2.24, 2.45) is 0 Å². The molecule has 2 rings (SSSR count). The Morgan fingerprint density at radius 2 is 2.15 bits per heavy atom. The van der Waals surface area contributed by atoms with E-state index in [0.717, 1.165) is 32.2 Å². The zero-order valence-corrected chi connectivity index (χ0v) is 13.4. The van der Waals surface area contributed by atoms with Crippen LogP contribution in [0.2, 0.25) is 0 Å². The molecule has 0 amide bonds. The zero-order valence-electron chi connectivity index (χ0n) is 12.6. The van der Waals surface area contributed by atoms with Crippen molar-refractivity contribution in [2.75, 3.05) is 39.2 Å². The molecular weight excluding hydrogens is 278 g/mol. The highest BCUT2D eigenvalue weighted by Gasteiger charge is 2.46. The average Bonchev–Trinajstić information content (AvgIpc) is 2.91. The van der Waals surface area contributed by atoms with E-state index in [1.807, 2.05) is 0 Å². The second-order valence-electron chi connectivity index (χ2n) is 5.53. The van der Waals surface area contributed by atoms with Gasteiger partial charge >= 0.3 is 0 Å². The van der Waals surface area contributed by atoms with Crippen molar-refractivity contribution < 1.29 is 18.4 Å². The van der Waals surface area contributed by atoms with Crippen LogP contribution in [-0.2, 0) is 25.0 Å². The minimum absolute atomic E-state index is 0.0866. The van der Waals surface area contributed by atoms with Gasteiger partial charge < -0.3 is 19.5 Å². The molecule has 1 aliphatic heterocycles. The summed E-state index contributed by atoms with van der Waals surface area (Å²) in [6, 6.07) is 0.297. The van der Waals surface area contributed by atoms with Crippen molar-refractivity contribution in [2.45, 2.75) is 49.7 Å². The average molecular weight is 305 g/mol. The Labute approximate surface area is 124 Å². The van der Waals surface area contributed by atoms with Gasteiger partial charge in [0.15, 0.2) is 5.79 Å². The lowest BCUT2D eigenvalue weighted by atomic mass is 9.89. The SMILES string of the molecule is CCCNC1CCC2(CC1S(=O)CCOC)OCCO2. The molecule has 1 N–H and O–H groups in total. The van der Waals surface area contributed by atoms with Gasteiger partial charge in [0.1, 0.15) is 0 Å². The molecule has 20 heavy (non-hydrogen) atoms. The first-order chi connectivity index (χ1) is 9.71. The van der Waals surface area contributed by atoms with Crippen LogP contribution in [0.4, 0.5) is 0 Å². The fourth-order valence-corrected chi connectivity index (χ4v) is 4.70. The predicted molar refractivity (Wildman–Crippen MR) is 79.2 cm³/mol. The molecule has 118 valence electrons. The van der Waals surface area contributed by atoms with E-state index in [2.05, 4.69) is 12.2 Å². The van der Waals surface area contributed by atoms with E-state index in [1.54, 1.807) is 7.11 Å². The van der Waals surface area contributed by atoms with Gasteiger partial charge in [-0.2, -0.15) is 0 Å². The first-order valence-corrected chi connectivity index (χ1v) is 8.96. The Bertz CT molecular complexity index is 320. The molecule has 1 saturated heterocycles. The van der Waals surface area contributed by atoms with Crippen LogP contribution >= 0.6 is 0 Å². The van der Waals surface area contributed by atoms with Crippen LogP contribution in [0.15, 0.2) is 0 Å². The lowest BCUT2D eigenvalue weighted by Crippen LogP contribution is -2.53. The van der Waals surface area contributed by atoms with Gasteiger partial charge in [0.25, 0.3) is 0 Å². The van der Waals surface area contributed by atoms with Gasteiger partial charge in [-0.3, -0.25) is 4.21 Å². The van der Waals surface area contributed by atoms with Crippen LogP contribution in [0.3, 0.4) is 0 Å². The quantitative estimate of drug-likeness (QED) is 0.762. The molecule has 0 aromatic rings. The maximum atomic E-state index is 12.6. The van der Waals surface area contributed by atoms with Crippen LogP contribution in [-0.4, -0.2) is 60.5 Å². The summed E-state index contributed by atoms with van der Waals surface area (Å²) in [6.07, 6.45) is 3.67. The molecule has 1 aliphatic carbocycles.